The van der Waals surface area contributed by atoms with Crippen molar-refractivity contribution in [2.75, 3.05) is 0 Å². The first-order valence-electron chi connectivity index (χ1n) is 10.8. The fraction of sp³-hybridized carbons (Fsp3) is 0.0714. The Morgan fingerprint density at radius 1 is 0.613 bits per heavy atom. The summed E-state index contributed by atoms with van der Waals surface area (Å²) in [5.41, 5.74) is 13.4. The molecule has 3 heterocycles. The van der Waals surface area contributed by atoms with Gasteiger partial charge in [0.05, 0.1) is 0 Å². The molecule has 0 aliphatic heterocycles. The summed E-state index contributed by atoms with van der Waals surface area (Å²) in [6, 6.07) is 22.3. The predicted octanol–water partition coefficient (Wildman–Crippen LogP) is 6.18. The van der Waals surface area contributed by atoms with E-state index in [0.29, 0.717) is 0 Å². The Bertz CT molecular complexity index is 1740. The van der Waals surface area contributed by atoms with Crippen LogP contribution in [-0.2, 0) is 12.8 Å². The Labute approximate surface area is 178 Å². The third-order valence-electron chi connectivity index (χ3n) is 7.19. The fourth-order valence-corrected chi connectivity index (χ4v) is 5.95. The van der Waals surface area contributed by atoms with Crippen molar-refractivity contribution in [2.24, 2.45) is 0 Å². The van der Waals surface area contributed by atoms with Crippen molar-refractivity contribution >= 4 is 27.5 Å². The number of hydrogen-bond donors (Lipinski definition) is 0. The summed E-state index contributed by atoms with van der Waals surface area (Å²) < 4.78 is 2.11. The molecular formula is C28H17N3. The summed E-state index contributed by atoms with van der Waals surface area (Å²) in [7, 11) is 0. The summed E-state index contributed by atoms with van der Waals surface area (Å²) in [6.07, 6.45) is 7.75. The van der Waals surface area contributed by atoms with Crippen molar-refractivity contribution in [3.05, 3.63) is 102 Å². The molecule has 0 spiro atoms. The quantitative estimate of drug-likeness (QED) is 0.287. The van der Waals surface area contributed by atoms with E-state index in [9.17, 15) is 0 Å². The average Bonchev–Trinajstić information content (AvgIpc) is 3.53. The Balaban J connectivity index is 1.50. The average molecular weight is 395 g/mol. The van der Waals surface area contributed by atoms with Gasteiger partial charge in [-0.3, -0.25) is 4.40 Å². The molecule has 2 aliphatic carbocycles. The lowest BCUT2D eigenvalue weighted by Crippen LogP contribution is -1.95. The van der Waals surface area contributed by atoms with Crippen LogP contribution < -0.4 is 0 Å². The van der Waals surface area contributed by atoms with E-state index in [1.165, 1.54) is 60.7 Å². The molecule has 8 rings (SSSR count). The van der Waals surface area contributed by atoms with Crippen molar-refractivity contribution in [3.8, 4) is 22.3 Å². The van der Waals surface area contributed by atoms with Crippen LogP contribution in [0.1, 0.15) is 22.3 Å². The number of hydrogen-bond acceptors (Lipinski definition) is 2. The van der Waals surface area contributed by atoms with Crippen molar-refractivity contribution in [1.82, 2.24) is 14.4 Å². The van der Waals surface area contributed by atoms with Gasteiger partial charge in [-0.25, -0.2) is 9.97 Å². The van der Waals surface area contributed by atoms with Gasteiger partial charge in [-0.05, 0) is 75.5 Å². The smallest absolute Gasteiger partial charge is 0.146 e. The van der Waals surface area contributed by atoms with Crippen LogP contribution in [-0.4, -0.2) is 14.4 Å². The first kappa shape index (κ1) is 15.8. The molecule has 0 bridgehead atoms. The molecule has 0 unspecified atom stereocenters. The van der Waals surface area contributed by atoms with Crippen molar-refractivity contribution < 1.29 is 0 Å². The number of nitrogens with zero attached hydrogens (tertiary/aromatic N) is 3. The monoisotopic (exact) mass is 395 g/mol. The molecule has 2 aliphatic rings. The summed E-state index contributed by atoms with van der Waals surface area (Å²) in [5, 5.41) is 3.70. The second kappa shape index (κ2) is 5.38. The Morgan fingerprint density at radius 2 is 1.42 bits per heavy atom. The van der Waals surface area contributed by atoms with Gasteiger partial charge in [-0.15, -0.1) is 0 Å². The van der Waals surface area contributed by atoms with Gasteiger partial charge in [-0.1, -0.05) is 42.5 Å². The second-order valence-electron chi connectivity index (χ2n) is 8.65. The molecule has 0 amide bonds. The molecule has 3 heteroatoms. The minimum Gasteiger partial charge on any atom is -0.283 e. The zero-order valence-electron chi connectivity index (χ0n) is 16.8. The van der Waals surface area contributed by atoms with E-state index < -0.39 is 0 Å². The maximum absolute atomic E-state index is 4.72. The predicted molar refractivity (Wildman–Crippen MR) is 124 cm³/mol. The molecule has 0 saturated carbocycles. The minimum absolute atomic E-state index is 0.959. The Morgan fingerprint density at radius 3 is 2.39 bits per heavy atom. The molecule has 3 nitrogen and oxygen atoms in total. The van der Waals surface area contributed by atoms with Gasteiger partial charge < -0.3 is 0 Å². The third-order valence-corrected chi connectivity index (χ3v) is 7.19. The van der Waals surface area contributed by atoms with Gasteiger partial charge in [0.25, 0.3) is 0 Å². The van der Waals surface area contributed by atoms with Gasteiger partial charge in [0.2, 0.25) is 0 Å². The van der Waals surface area contributed by atoms with Crippen LogP contribution in [0.4, 0.5) is 0 Å². The molecule has 0 atom stereocenters. The highest BCUT2D eigenvalue weighted by atomic mass is 15.0. The third kappa shape index (κ3) is 1.85. The van der Waals surface area contributed by atoms with Crippen LogP contribution >= 0.6 is 0 Å². The molecule has 144 valence electrons. The highest BCUT2D eigenvalue weighted by molar-refractivity contribution is 6.15. The topological polar surface area (TPSA) is 30.2 Å². The lowest BCUT2D eigenvalue weighted by atomic mass is 9.95. The first-order chi connectivity index (χ1) is 15.4. The zero-order chi connectivity index (χ0) is 20.1. The van der Waals surface area contributed by atoms with Crippen molar-refractivity contribution in [1.29, 1.82) is 0 Å². The lowest BCUT2D eigenvalue weighted by molar-refractivity contribution is 1.20. The summed E-state index contributed by atoms with van der Waals surface area (Å²) in [5.74, 6) is 0. The molecule has 0 fully saturated rings. The fourth-order valence-electron chi connectivity index (χ4n) is 5.95. The second-order valence-corrected chi connectivity index (χ2v) is 8.65. The summed E-state index contributed by atoms with van der Waals surface area (Å²) >= 11 is 0. The van der Waals surface area contributed by atoms with Gasteiger partial charge >= 0.3 is 0 Å². The molecule has 3 aromatic heterocycles. The number of benzene rings is 3. The molecule has 31 heavy (non-hydrogen) atoms. The number of pyridine rings is 2. The molecular weight excluding hydrogens is 378 g/mol. The van der Waals surface area contributed by atoms with Crippen LogP contribution in [0, 0.1) is 0 Å². The van der Waals surface area contributed by atoms with E-state index in [2.05, 4.69) is 64.0 Å². The zero-order valence-corrected chi connectivity index (χ0v) is 16.8. The van der Waals surface area contributed by atoms with E-state index in [0.717, 1.165) is 24.1 Å². The number of fused-ring (bicyclic) bond motifs is 14. The van der Waals surface area contributed by atoms with Crippen LogP contribution in [0.15, 0.2) is 79.3 Å². The largest absolute Gasteiger partial charge is 0.283 e. The summed E-state index contributed by atoms with van der Waals surface area (Å²) in [6.45, 7) is 0. The van der Waals surface area contributed by atoms with Crippen LogP contribution in [0.5, 0.6) is 0 Å². The number of rotatable bonds is 0. The molecule has 0 N–H and O–H groups in total. The van der Waals surface area contributed by atoms with E-state index in [4.69, 9.17) is 4.98 Å². The lowest BCUT2D eigenvalue weighted by Gasteiger charge is -2.11. The van der Waals surface area contributed by atoms with Crippen molar-refractivity contribution in [3.63, 3.8) is 0 Å². The van der Waals surface area contributed by atoms with Crippen LogP contribution in [0.25, 0.3) is 49.7 Å². The Hall–Kier alpha value is -3.98. The number of aromatic nitrogens is 3. The molecule has 3 aromatic carbocycles. The number of imidazole rings is 1. The van der Waals surface area contributed by atoms with E-state index >= 15 is 0 Å². The van der Waals surface area contributed by atoms with E-state index in [1.54, 1.807) is 0 Å². The van der Waals surface area contributed by atoms with E-state index in [-0.39, 0.29) is 0 Å². The van der Waals surface area contributed by atoms with Gasteiger partial charge in [0.15, 0.2) is 0 Å². The highest BCUT2D eigenvalue weighted by Crippen LogP contribution is 2.49. The van der Waals surface area contributed by atoms with E-state index in [1.807, 2.05) is 24.7 Å². The minimum atomic E-state index is 0.959. The van der Waals surface area contributed by atoms with Gasteiger partial charge in [-0.2, -0.15) is 0 Å². The van der Waals surface area contributed by atoms with Crippen LogP contribution in [0.3, 0.4) is 0 Å². The molecule has 6 aromatic rings. The normalized spacial score (nSPS) is 13.5. The maximum Gasteiger partial charge on any atom is 0.146 e. The SMILES string of the molecule is c1ccc2c(c1)Cc1ccc3c(c1-2)Cc1c-3ccc2c1c1cccnc1n1ccnc21. The standard InChI is InChI=1S/C28H17N3/c1-2-5-18-16(4-1)14-17-7-8-19-20-9-10-22-26(24(20)15-23(19)25(17)18)21-6-3-11-29-27(21)31-13-12-30-28(22)31/h1-13H,14-15H2. The molecule has 0 saturated heterocycles. The van der Waals surface area contributed by atoms with Crippen molar-refractivity contribution in [2.45, 2.75) is 12.8 Å². The summed E-state index contributed by atoms with van der Waals surface area (Å²) in [4.78, 5) is 9.40. The first-order valence-corrected chi connectivity index (χ1v) is 10.8. The maximum atomic E-state index is 4.72. The molecule has 0 radical (unpaired) electrons. The van der Waals surface area contributed by atoms with Gasteiger partial charge in [0, 0.05) is 34.7 Å². The Kier molecular flexibility index (Phi) is 2.74. The van der Waals surface area contributed by atoms with Crippen LogP contribution in [0.2, 0.25) is 0 Å². The highest BCUT2D eigenvalue weighted by Gasteiger charge is 2.30. The van der Waals surface area contributed by atoms with Gasteiger partial charge in [0.1, 0.15) is 11.3 Å².